The number of nitrogens with zero attached hydrogens (tertiary/aromatic N) is 2. The van der Waals surface area contributed by atoms with Gasteiger partial charge in [0.25, 0.3) is 5.91 Å². The highest BCUT2D eigenvalue weighted by molar-refractivity contribution is 5.79. The smallest absolute Gasteiger partial charge is 0.250 e. The van der Waals surface area contributed by atoms with E-state index >= 15 is 0 Å². The van der Waals surface area contributed by atoms with E-state index in [-0.39, 0.29) is 11.8 Å². The minimum Gasteiger partial charge on any atom is -0.328 e. The number of aromatic nitrogens is 1. The molecule has 1 aliphatic rings. The molecule has 0 aliphatic carbocycles. The molecule has 1 N–H and O–H groups in total. The standard InChI is InChI=1S/C20H25N3O/c1-15-6-8-17(9-7-15)14-23-12-4-3-5-19(23)22-20(24)18-10-11-21-16(2)13-18/h3-9,12,16,18,21H,10-11,13-14H2,1-2H3/t16-,18-/m0/s1. The van der Waals surface area contributed by atoms with E-state index in [0.29, 0.717) is 6.04 Å². The van der Waals surface area contributed by atoms with Crippen LogP contribution in [-0.2, 0) is 11.3 Å². The molecule has 0 unspecified atom stereocenters. The van der Waals surface area contributed by atoms with Crippen LogP contribution in [0.1, 0.15) is 30.9 Å². The van der Waals surface area contributed by atoms with E-state index in [9.17, 15) is 4.79 Å². The number of carbonyl (C=O) groups is 1. The highest BCUT2D eigenvalue weighted by Crippen LogP contribution is 2.17. The molecule has 0 bridgehead atoms. The number of pyridine rings is 1. The predicted octanol–water partition coefficient (Wildman–Crippen LogP) is 2.66. The number of amides is 1. The Balaban J connectivity index is 1.82. The molecule has 1 saturated heterocycles. The van der Waals surface area contributed by atoms with Gasteiger partial charge in [0.05, 0.1) is 0 Å². The molecule has 3 rings (SSSR count). The van der Waals surface area contributed by atoms with Gasteiger partial charge in [0, 0.05) is 24.7 Å². The van der Waals surface area contributed by atoms with E-state index in [0.717, 1.165) is 31.4 Å². The number of nitrogens with one attached hydrogen (secondary N) is 1. The van der Waals surface area contributed by atoms with Crippen LogP contribution in [0.15, 0.2) is 53.7 Å². The van der Waals surface area contributed by atoms with E-state index in [4.69, 9.17) is 0 Å². The maximum atomic E-state index is 12.6. The summed E-state index contributed by atoms with van der Waals surface area (Å²) < 4.78 is 2.03. The Labute approximate surface area is 143 Å². The van der Waals surface area contributed by atoms with Crippen LogP contribution < -0.4 is 10.8 Å². The fraction of sp³-hybridized carbons (Fsp3) is 0.400. The molecule has 4 nitrogen and oxygen atoms in total. The third kappa shape index (κ3) is 4.20. The highest BCUT2D eigenvalue weighted by atomic mass is 16.1. The molecule has 0 saturated carbocycles. The molecular weight excluding hydrogens is 298 g/mol. The predicted molar refractivity (Wildman–Crippen MR) is 95.5 cm³/mol. The van der Waals surface area contributed by atoms with Crippen LogP contribution in [0.2, 0.25) is 0 Å². The van der Waals surface area contributed by atoms with E-state index in [1.54, 1.807) is 0 Å². The third-order valence-electron chi connectivity index (χ3n) is 4.59. The molecule has 0 spiro atoms. The van der Waals surface area contributed by atoms with Gasteiger partial charge in [-0.3, -0.25) is 4.79 Å². The van der Waals surface area contributed by atoms with Gasteiger partial charge in [0.15, 0.2) is 0 Å². The molecule has 24 heavy (non-hydrogen) atoms. The van der Waals surface area contributed by atoms with Crippen LogP contribution in [0.5, 0.6) is 0 Å². The summed E-state index contributed by atoms with van der Waals surface area (Å²) in [4.78, 5) is 17.0. The zero-order valence-electron chi connectivity index (χ0n) is 14.4. The van der Waals surface area contributed by atoms with Gasteiger partial charge >= 0.3 is 0 Å². The molecule has 1 aliphatic heterocycles. The lowest BCUT2D eigenvalue weighted by Gasteiger charge is -2.25. The van der Waals surface area contributed by atoms with E-state index in [1.165, 1.54) is 11.1 Å². The SMILES string of the molecule is Cc1ccc(Cn2ccccc2=NC(=O)[C@H]2CCN[C@@H](C)C2)cc1. The van der Waals surface area contributed by atoms with Crippen LogP contribution in [0.3, 0.4) is 0 Å². The molecule has 0 radical (unpaired) electrons. The molecule has 2 aromatic rings. The zero-order valence-corrected chi connectivity index (χ0v) is 14.4. The molecule has 4 heteroatoms. The van der Waals surface area contributed by atoms with Crippen LogP contribution in [-0.4, -0.2) is 23.1 Å². The summed E-state index contributed by atoms with van der Waals surface area (Å²) in [7, 11) is 0. The van der Waals surface area contributed by atoms with Gasteiger partial charge in [-0.1, -0.05) is 35.9 Å². The van der Waals surface area contributed by atoms with Crippen LogP contribution in [0.25, 0.3) is 0 Å². The fourth-order valence-corrected chi connectivity index (χ4v) is 3.15. The van der Waals surface area contributed by atoms with Crippen molar-refractivity contribution in [2.24, 2.45) is 10.9 Å². The summed E-state index contributed by atoms with van der Waals surface area (Å²) >= 11 is 0. The van der Waals surface area contributed by atoms with Crippen molar-refractivity contribution < 1.29 is 4.79 Å². The molecule has 2 atom stereocenters. The van der Waals surface area contributed by atoms with Crippen molar-refractivity contribution >= 4 is 5.91 Å². The van der Waals surface area contributed by atoms with Crippen molar-refractivity contribution in [1.82, 2.24) is 9.88 Å². The molecule has 2 heterocycles. The first-order valence-electron chi connectivity index (χ1n) is 8.65. The van der Waals surface area contributed by atoms with Crippen molar-refractivity contribution in [3.05, 3.63) is 65.3 Å². The molecule has 1 fully saturated rings. The van der Waals surface area contributed by atoms with Gasteiger partial charge in [0.2, 0.25) is 0 Å². The summed E-state index contributed by atoms with van der Waals surface area (Å²) in [5.74, 6) is 0.0430. The Morgan fingerprint density at radius 1 is 1.25 bits per heavy atom. The first-order valence-corrected chi connectivity index (χ1v) is 8.65. The van der Waals surface area contributed by atoms with Crippen molar-refractivity contribution in [3.63, 3.8) is 0 Å². The van der Waals surface area contributed by atoms with Crippen molar-refractivity contribution in [2.45, 2.75) is 39.3 Å². The maximum Gasteiger partial charge on any atom is 0.250 e. The molecular formula is C20H25N3O. The lowest BCUT2D eigenvalue weighted by atomic mass is 9.93. The average molecular weight is 323 g/mol. The van der Waals surface area contributed by atoms with Gasteiger partial charge in [-0.15, -0.1) is 0 Å². The lowest BCUT2D eigenvalue weighted by Crippen LogP contribution is -2.38. The number of hydrogen-bond donors (Lipinski definition) is 1. The van der Waals surface area contributed by atoms with Crippen molar-refractivity contribution in [1.29, 1.82) is 0 Å². The zero-order chi connectivity index (χ0) is 16.9. The number of rotatable bonds is 3. The molecule has 1 amide bonds. The normalized spacial score (nSPS) is 21.7. The largest absolute Gasteiger partial charge is 0.328 e. The summed E-state index contributed by atoms with van der Waals surface area (Å²) in [6.07, 6.45) is 3.72. The fourth-order valence-electron chi connectivity index (χ4n) is 3.15. The van der Waals surface area contributed by atoms with Crippen molar-refractivity contribution in [3.8, 4) is 0 Å². The van der Waals surface area contributed by atoms with Gasteiger partial charge in [-0.05, 0) is 50.9 Å². The number of hydrogen-bond acceptors (Lipinski definition) is 2. The Morgan fingerprint density at radius 2 is 2.04 bits per heavy atom. The first kappa shape index (κ1) is 16.7. The summed E-state index contributed by atoms with van der Waals surface area (Å²) in [6.45, 7) is 5.82. The topological polar surface area (TPSA) is 46.4 Å². The average Bonchev–Trinajstić information content (AvgIpc) is 2.58. The molecule has 1 aromatic carbocycles. The van der Waals surface area contributed by atoms with Gasteiger partial charge in [-0.25, -0.2) is 0 Å². The number of piperidine rings is 1. The second kappa shape index (κ2) is 7.58. The molecule has 126 valence electrons. The third-order valence-corrected chi connectivity index (χ3v) is 4.59. The van der Waals surface area contributed by atoms with E-state index in [2.05, 4.69) is 48.4 Å². The number of carbonyl (C=O) groups excluding carboxylic acids is 1. The number of benzene rings is 1. The van der Waals surface area contributed by atoms with E-state index in [1.807, 2.05) is 29.0 Å². The Morgan fingerprint density at radius 3 is 2.79 bits per heavy atom. The minimum atomic E-state index is 0.00667. The van der Waals surface area contributed by atoms with Gasteiger partial charge in [-0.2, -0.15) is 4.99 Å². The highest BCUT2D eigenvalue weighted by Gasteiger charge is 2.24. The minimum absolute atomic E-state index is 0.00667. The maximum absolute atomic E-state index is 12.6. The Kier molecular flexibility index (Phi) is 5.26. The molecule has 1 aromatic heterocycles. The second-order valence-electron chi connectivity index (χ2n) is 6.70. The Bertz CT molecular complexity index is 761. The quantitative estimate of drug-likeness (QED) is 0.944. The monoisotopic (exact) mass is 323 g/mol. The number of aryl methyl sites for hydroxylation is 1. The lowest BCUT2D eigenvalue weighted by molar-refractivity contribution is -0.122. The van der Waals surface area contributed by atoms with Crippen molar-refractivity contribution in [2.75, 3.05) is 6.54 Å². The van der Waals surface area contributed by atoms with Gasteiger partial charge in [0.1, 0.15) is 5.49 Å². The second-order valence-corrected chi connectivity index (χ2v) is 6.70. The Hall–Kier alpha value is -2.20. The van der Waals surface area contributed by atoms with E-state index < -0.39 is 0 Å². The summed E-state index contributed by atoms with van der Waals surface area (Å²) in [5.41, 5.74) is 3.18. The summed E-state index contributed by atoms with van der Waals surface area (Å²) in [6, 6.07) is 14.7. The van der Waals surface area contributed by atoms with Gasteiger partial charge < -0.3 is 9.88 Å². The first-order chi connectivity index (χ1) is 11.6. The summed E-state index contributed by atoms with van der Waals surface area (Å²) in [5, 5.41) is 3.38. The van der Waals surface area contributed by atoms with Crippen LogP contribution in [0.4, 0.5) is 0 Å². The van der Waals surface area contributed by atoms with Crippen LogP contribution >= 0.6 is 0 Å². The van der Waals surface area contributed by atoms with Crippen LogP contribution in [0, 0.1) is 12.8 Å².